The number of hydrogen-bond acceptors (Lipinski definition) is 4. The van der Waals surface area contributed by atoms with Gasteiger partial charge in [-0.2, -0.15) is 0 Å². The third kappa shape index (κ3) is 4.01. The highest BCUT2D eigenvalue weighted by Crippen LogP contribution is 2.20. The fourth-order valence-electron chi connectivity index (χ4n) is 2.97. The van der Waals surface area contributed by atoms with Gasteiger partial charge in [0, 0.05) is 29.1 Å². The van der Waals surface area contributed by atoms with Gasteiger partial charge in [-0.3, -0.25) is 14.5 Å². The molecule has 6 nitrogen and oxygen atoms in total. The molecule has 3 N–H and O–H groups in total. The van der Waals surface area contributed by atoms with E-state index in [1.54, 1.807) is 12.1 Å². The van der Waals surface area contributed by atoms with Crippen LogP contribution in [-0.2, 0) is 11.3 Å². The summed E-state index contributed by atoms with van der Waals surface area (Å²) in [7, 11) is 0. The standard InChI is InChI=1S/C17H19ClN4O2/c18-13-3-1-2-12(8-13)17-20-14(9-15(23)21-17)10-22-6-4-11(5-7-22)16(19)24/h1-3,8-9,11H,4-7,10H2,(H2,19,24)(H,20,21,23). The molecule has 0 aliphatic carbocycles. The molecule has 0 spiro atoms. The number of aromatic nitrogens is 2. The van der Waals surface area contributed by atoms with Gasteiger partial charge in [0.15, 0.2) is 0 Å². The van der Waals surface area contributed by atoms with Crippen molar-refractivity contribution in [3.05, 3.63) is 51.4 Å². The fraction of sp³-hybridized carbons (Fsp3) is 0.353. The third-order valence-corrected chi connectivity index (χ3v) is 4.50. The SMILES string of the molecule is NC(=O)C1CCN(Cc2cc(=O)[nH]c(-c3cccc(Cl)c3)n2)CC1. The van der Waals surface area contributed by atoms with Crippen molar-refractivity contribution in [3.63, 3.8) is 0 Å². The number of piperidine rings is 1. The van der Waals surface area contributed by atoms with Gasteiger partial charge in [-0.1, -0.05) is 23.7 Å². The molecule has 7 heteroatoms. The second-order valence-electron chi connectivity index (χ2n) is 6.05. The number of H-pyrrole nitrogens is 1. The minimum absolute atomic E-state index is 0.0459. The quantitative estimate of drug-likeness (QED) is 0.882. The van der Waals surface area contributed by atoms with Crippen molar-refractivity contribution in [1.82, 2.24) is 14.9 Å². The number of halogens is 1. The van der Waals surface area contributed by atoms with E-state index >= 15 is 0 Å². The number of rotatable bonds is 4. The average Bonchev–Trinajstić information content (AvgIpc) is 2.55. The van der Waals surface area contributed by atoms with Crippen molar-refractivity contribution in [2.24, 2.45) is 11.7 Å². The minimum Gasteiger partial charge on any atom is -0.369 e. The molecule has 1 amide bonds. The predicted molar refractivity (Wildman–Crippen MR) is 92.5 cm³/mol. The number of benzene rings is 1. The Morgan fingerprint density at radius 3 is 2.75 bits per heavy atom. The highest BCUT2D eigenvalue weighted by atomic mass is 35.5. The van der Waals surface area contributed by atoms with Crippen molar-refractivity contribution in [2.75, 3.05) is 13.1 Å². The largest absolute Gasteiger partial charge is 0.369 e. The summed E-state index contributed by atoms with van der Waals surface area (Å²) < 4.78 is 0. The second-order valence-corrected chi connectivity index (χ2v) is 6.48. The summed E-state index contributed by atoms with van der Waals surface area (Å²) in [5.74, 6) is 0.231. The normalized spacial score (nSPS) is 16.2. The van der Waals surface area contributed by atoms with Crippen molar-refractivity contribution < 1.29 is 4.79 Å². The lowest BCUT2D eigenvalue weighted by Crippen LogP contribution is -2.38. The Labute approximate surface area is 144 Å². The van der Waals surface area contributed by atoms with E-state index in [4.69, 9.17) is 17.3 Å². The molecule has 1 aromatic heterocycles. The molecule has 1 aliphatic rings. The number of likely N-dealkylation sites (tertiary alicyclic amines) is 1. The van der Waals surface area contributed by atoms with Gasteiger partial charge in [0.2, 0.25) is 5.91 Å². The van der Waals surface area contributed by atoms with E-state index in [1.807, 2.05) is 12.1 Å². The van der Waals surface area contributed by atoms with Crippen LogP contribution in [0.5, 0.6) is 0 Å². The van der Waals surface area contributed by atoms with Gasteiger partial charge in [0.25, 0.3) is 5.56 Å². The first-order chi connectivity index (χ1) is 11.5. The van der Waals surface area contributed by atoms with Crippen LogP contribution in [0.4, 0.5) is 0 Å². The molecule has 0 bridgehead atoms. The number of carbonyl (C=O) groups is 1. The lowest BCUT2D eigenvalue weighted by atomic mass is 9.96. The van der Waals surface area contributed by atoms with Crippen LogP contribution in [0.2, 0.25) is 5.02 Å². The smallest absolute Gasteiger partial charge is 0.251 e. The van der Waals surface area contributed by atoms with E-state index in [0.717, 1.165) is 31.5 Å². The molecule has 3 rings (SSSR count). The fourth-order valence-corrected chi connectivity index (χ4v) is 3.16. The zero-order valence-electron chi connectivity index (χ0n) is 13.2. The van der Waals surface area contributed by atoms with Gasteiger partial charge < -0.3 is 10.7 Å². The number of nitrogens with one attached hydrogen (secondary N) is 1. The molecule has 0 radical (unpaired) electrons. The first-order valence-corrected chi connectivity index (χ1v) is 8.27. The Balaban J connectivity index is 1.75. The molecule has 1 aliphatic heterocycles. The number of nitrogens with zero attached hydrogens (tertiary/aromatic N) is 2. The lowest BCUT2D eigenvalue weighted by molar-refractivity contribution is -0.123. The van der Waals surface area contributed by atoms with E-state index in [1.165, 1.54) is 6.07 Å². The summed E-state index contributed by atoms with van der Waals surface area (Å²) in [4.78, 5) is 32.6. The van der Waals surface area contributed by atoms with Gasteiger partial charge in [0.05, 0.1) is 5.69 Å². The zero-order valence-corrected chi connectivity index (χ0v) is 13.9. The van der Waals surface area contributed by atoms with E-state index < -0.39 is 0 Å². The predicted octanol–water partition coefficient (Wildman–Crippen LogP) is 1.79. The summed E-state index contributed by atoms with van der Waals surface area (Å²) in [6.45, 7) is 2.12. The molecule has 1 fully saturated rings. The lowest BCUT2D eigenvalue weighted by Gasteiger charge is -2.30. The van der Waals surface area contributed by atoms with Crippen LogP contribution in [-0.4, -0.2) is 33.9 Å². The summed E-state index contributed by atoms with van der Waals surface area (Å²) in [6.07, 6.45) is 1.50. The maximum atomic E-state index is 11.9. The molecule has 126 valence electrons. The van der Waals surface area contributed by atoms with Crippen LogP contribution >= 0.6 is 11.6 Å². The molecule has 24 heavy (non-hydrogen) atoms. The number of nitrogens with two attached hydrogens (primary N) is 1. The number of aromatic amines is 1. The van der Waals surface area contributed by atoms with E-state index in [9.17, 15) is 9.59 Å². The van der Waals surface area contributed by atoms with Crippen LogP contribution in [0.25, 0.3) is 11.4 Å². The van der Waals surface area contributed by atoms with Crippen molar-refractivity contribution in [2.45, 2.75) is 19.4 Å². The van der Waals surface area contributed by atoms with Gasteiger partial charge >= 0.3 is 0 Å². The molecule has 0 unspecified atom stereocenters. The zero-order chi connectivity index (χ0) is 17.1. The maximum absolute atomic E-state index is 11.9. The molecule has 2 heterocycles. The van der Waals surface area contributed by atoms with Crippen molar-refractivity contribution >= 4 is 17.5 Å². The first kappa shape index (κ1) is 16.7. The van der Waals surface area contributed by atoms with Crippen molar-refractivity contribution in [3.8, 4) is 11.4 Å². The summed E-state index contributed by atoms with van der Waals surface area (Å²) in [5, 5.41) is 0.592. The average molecular weight is 347 g/mol. The molecule has 2 aromatic rings. The first-order valence-electron chi connectivity index (χ1n) is 7.89. The van der Waals surface area contributed by atoms with Crippen molar-refractivity contribution in [1.29, 1.82) is 0 Å². The van der Waals surface area contributed by atoms with Crippen LogP contribution in [0.1, 0.15) is 18.5 Å². The molecular weight excluding hydrogens is 328 g/mol. The van der Waals surface area contributed by atoms with Crippen LogP contribution in [0.15, 0.2) is 35.1 Å². The Morgan fingerprint density at radius 2 is 2.08 bits per heavy atom. The molecule has 1 saturated heterocycles. The van der Waals surface area contributed by atoms with Crippen LogP contribution in [0.3, 0.4) is 0 Å². The molecule has 1 aromatic carbocycles. The second kappa shape index (κ2) is 7.15. The maximum Gasteiger partial charge on any atom is 0.251 e. The van der Waals surface area contributed by atoms with E-state index in [2.05, 4.69) is 14.9 Å². The van der Waals surface area contributed by atoms with Gasteiger partial charge in [-0.25, -0.2) is 4.98 Å². The molecular formula is C17H19ClN4O2. The Kier molecular flexibility index (Phi) is 4.97. The molecule has 0 atom stereocenters. The number of amides is 1. The number of primary amides is 1. The van der Waals surface area contributed by atoms with Crippen LogP contribution in [0, 0.1) is 5.92 Å². The number of carbonyl (C=O) groups excluding carboxylic acids is 1. The minimum atomic E-state index is -0.229. The highest BCUT2D eigenvalue weighted by Gasteiger charge is 2.23. The topological polar surface area (TPSA) is 92.1 Å². The Morgan fingerprint density at radius 1 is 1.33 bits per heavy atom. The summed E-state index contributed by atoms with van der Waals surface area (Å²) >= 11 is 6.00. The van der Waals surface area contributed by atoms with E-state index in [-0.39, 0.29) is 17.4 Å². The monoisotopic (exact) mass is 346 g/mol. The Bertz CT molecular complexity index is 797. The van der Waals surface area contributed by atoms with Gasteiger partial charge in [0.1, 0.15) is 5.82 Å². The summed E-state index contributed by atoms with van der Waals surface area (Å²) in [6, 6.07) is 8.72. The highest BCUT2D eigenvalue weighted by molar-refractivity contribution is 6.30. The van der Waals surface area contributed by atoms with Gasteiger partial charge in [-0.15, -0.1) is 0 Å². The summed E-state index contributed by atoms with van der Waals surface area (Å²) in [5.41, 5.74) is 6.64. The number of hydrogen-bond donors (Lipinski definition) is 2. The third-order valence-electron chi connectivity index (χ3n) is 4.27. The van der Waals surface area contributed by atoms with E-state index in [0.29, 0.717) is 23.1 Å². The Hall–Kier alpha value is -2.18. The van der Waals surface area contributed by atoms with Crippen LogP contribution < -0.4 is 11.3 Å². The molecule has 0 saturated carbocycles. The van der Waals surface area contributed by atoms with Gasteiger partial charge in [-0.05, 0) is 38.1 Å².